The summed E-state index contributed by atoms with van der Waals surface area (Å²) in [6.45, 7) is 6.07. The molecular weight excluding hydrogens is 548 g/mol. The van der Waals surface area contributed by atoms with Crippen LogP contribution in [0.5, 0.6) is 5.75 Å². The SMILES string of the molecule is CCCCCCCC(=O)c1ccc(Nc2nc(NCCOCCOCCCC(C)=O)nc(Nc3ccc(O)cc3)n2)cc1. The van der Waals surface area contributed by atoms with Crippen LogP contribution in [0.1, 0.15) is 75.6 Å². The van der Waals surface area contributed by atoms with Crippen molar-refractivity contribution in [1.82, 2.24) is 15.0 Å². The van der Waals surface area contributed by atoms with Crippen molar-refractivity contribution in [3.8, 4) is 5.75 Å². The van der Waals surface area contributed by atoms with Crippen LogP contribution in [0.2, 0.25) is 0 Å². The molecule has 4 N–H and O–H groups in total. The van der Waals surface area contributed by atoms with Crippen LogP contribution in [-0.2, 0) is 14.3 Å². The van der Waals surface area contributed by atoms with Crippen molar-refractivity contribution >= 4 is 40.8 Å². The van der Waals surface area contributed by atoms with Gasteiger partial charge in [0.2, 0.25) is 17.8 Å². The van der Waals surface area contributed by atoms with Crippen LogP contribution in [0, 0.1) is 0 Å². The van der Waals surface area contributed by atoms with Crippen LogP contribution < -0.4 is 16.0 Å². The Morgan fingerprint density at radius 3 is 1.91 bits per heavy atom. The van der Waals surface area contributed by atoms with Gasteiger partial charge in [0.25, 0.3) is 0 Å². The number of nitrogens with one attached hydrogen (secondary N) is 3. The summed E-state index contributed by atoms with van der Waals surface area (Å²) in [7, 11) is 0. The van der Waals surface area contributed by atoms with Crippen molar-refractivity contribution < 1.29 is 24.2 Å². The third kappa shape index (κ3) is 13.6. The van der Waals surface area contributed by atoms with Gasteiger partial charge < -0.3 is 35.3 Å². The van der Waals surface area contributed by atoms with Crippen LogP contribution in [0.4, 0.5) is 29.2 Å². The fraction of sp³-hybridized carbons (Fsp3) is 0.469. The molecule has 0 radical (unpaired) electrons. The number of carbonyl (C=O) groups excluding carboxylic acids is 2. The minimum Gasteiger partial charge on any atom is -0.508 e. The molecule has 0 saturated carbocycles. The summed E-state index contributed by atoms with van der Waals surface area (Å²) in [5.41, 5.74) is 2.12. The zero-order valence-electron chi connectivity index (χ0n) is 25.2. The van der Waals surface area contributed by atoms with Crippen LogP contribution in [-0.4, -0.2) is 64.6 Å². The van der Waals surface area contributed by atoms with E-state index in [1.807, 2.05) is 24.3 Å². The second-order valence-corrected chi connectivity index (χ2v) is 10.2. The van der Waals surface area contributed by atoms with Crippen molar-refractivity contribution in [2.24, 2.45) is 0 Å². The lowest BCUT2D eigenvalue weighted by atomic mass is 10.0. The molecule has 0 aliphatic heterocycles. The fourth-order valence-electron chi connectivity index (χ4n) is 4.12. The number of anilines is 5. The molecule has 11 nitrogen and oxygen atoms in total. The predicted octanol–water partition coefficient (Wildman–Crippen LogP) is 6.42. The second kappa shape index (κ2) is 19.2. The number of nitrogens with zero attached hydrogens (tertiary/aromatic N) is 3. The van der Waals surface area contributed by atoms with Crippen molar-refractivity contribution in [2.75, 3.05) is 48.9 Å². The Hall–Kier alpha value is -4.09. The lowest BCUT2D eigenvalue weighted by Gasteiger charge is -2.12. The minimum absolute atomic E-state index is 0.150. The number of ether oxygens (including phenoxy) is 2. The molecule has 0 bridgehead atoms. The first-order valence-electron chi connectivity index (χ1n) is 15.0. The summed E-state index contributed by atoms with van der Waals surface area (Å²) >= 11 is 0. The maximum Gasteiger partial charge on any atom is 0.233 e. The predicted molar refractivity (Wildman–Crippen MR) is 169 cm³/mol. The van der Waals surface area contributed by atoms with E-state index >= 15 is 0 Å². The summed E-state index contributed by atoms with van der Waals surface area (Å²) in [5.74, 6) is 1.44. The van der Waals surface area contributed by atoms with Gasteiger partial charge in [0.1, 0.15) is 11.5 Å². The highest BCUT2D eigenvalue weighted by molar-refractivity contribution is 5.96. The zero-order chi connectivity index (χ0) is 30.7. The zero-order valence-corrected chi connectivity index (χ0v) is 25.2. The first-order valence-corrected chi connectivity index (χ1v) is 15.0. The first-order chi connectivity index (χ1) is 20.9. The van der Waals surface area contributed by atoms with E-state index in [2.05, 4.69) is 37.8 Å². The fourth-order valence-corrected chi connectivity index (χ4v) is 4.12. The van der Waals surface area contributed by atoms with E-state index in [0.29, 0.717) is 81.3 Å². The van der Waals surface area contributed by atoms with E-state index < -0.39 is 0 Å². The molecule has 0 atom stereocenters. The number of benzene rings is 2. The highest BCUT2D eigenvalue weighted by Gasteiger charge is 2.10. The van der Waals surface area contributed by atoms with E-state index in [4.69, 9.17) is 9.47 Å². The largest absolute Gasteiger partial charge is 0.508 e. The number of aromatic hydroxyl groups is 1. The average molecular weight is 593 g/mol. The van der Waals surface area contributed by atoms with Gasteiger partial charge in [-0.15, -0.1) is 0 Å². The molecule has 0 spiro atoms. The van der Waals surface area contributed by atoms with Gasteiger partial charge in [-0.1, -0.05) is 32.6 Å². The Balaban J connectivity index is 1.55. The highest BCUT2D eigenvalue weighted by atomic mass is 16.5. The monoisotopic (exact) mass is 592 g/mol. The van der Waals surface area contributed by atoms with Gasteiger partial charge in [-0.2, -0.15) is 15.0 Å². The Bertz CT molecular complexity index is 1250. The number of phenolic OH excluding ortho intramolecular Hbond substituents is 1. The van der Waals surface area contributed by atoms with E-state index in [0.717, 1.165) is 18.5 Å². The Kier molecular flexibility index (Phi) is 14.9. The van der Waals surface area contributed by atoms with Gasteiger partial charge in [0.15, 0.2) is 5.78 Å². The van der Waals surface area contributed by atoms with Crippen LogP contribution in [0.15, 0.2) is 48.5 Å². The molecule has 1 aromatic heterocycles. The normalized spacial score (nSPS) is 10.8. The molecule has 0 amide bonds. The molecule has 0 aliphatic carbocycles. The lowest BCUT2D eigenvalue weighted by Crippen LogP contribution is -2.15. The smallest absolute Gasteiger partial charge is 0.233 e. The minimum atomic E-state index is 0.150. The molecule has 43 heavy (non-hydrogen) atoms. The Labute approximate surface area is 253 Å². The molecule has 0 unspecified atom stereocenters. The topological polar surface area (TPSA) is 148 Å². The molecule has 232 valence electrons. The third-order valence-electron chi connectivity index (χ3n) is 6.45. The number of carbonyl (C=O) groups is 2. The van der Waals surface area contributed by atoms with E-state index in [9.17, 15) is 14.7 Å². The van der Waals surface area contributed by atoms with Gasteiger partial charge in [-0.05, 0) is 68.3 Å². The molecule has 0 saturated heterocycles. The standard InChI is InChI=1S/C32H44N6O5/c1-3-4-5-6-7-10-29(41)25-11-13-26(14-12-25)34-31-36-30(33-19-21-43-23-22-42-20-8-9-24(2)39)37-32(38-31)35-27-15-17-28(40)18-16-27/h11-18,40H,3-10,19-23H2,1-2H3,(H3,33,34,35,36,37,38). The van der Waals surface area contributed by atoms with E-state index in [1.54, 1.807) is 31.2 Å². The summed E-state index contributed by atoms with van der Waals surface area (Å²) in [5, 5.41) is 19.1. The average Bonchev–Trinajstić information content (AvgIpc) is 2.99. The number of rotatable bonds is 22. The van der Waals surface area contributed by atoms with Gasteiger partial charge in [0, 0.05) is 42.9 Å². The Morgan fingerprint density at radius 2 is 1.28 bits per heavy atom. The Morgan fingerprint density at radius 1 is 0.698 bits per heavy atom. The number of Topliss-reactive ketones (excluding diaryl/α,β-unsaturated/α-hetero) is 2. The number of aromatic nitrogens is 3. The summed E-state index contributed by atoms with van der Waals surface area (Å²) < 4.78 is 11.1. The molecule has 1 heterocycles. The highest BCUT2D eigenvalue weighted by Crippen LogP contribution is 2.21. The molecule has 0 fully saturated rings. The number of phenols is 1. The van der Waals surface area contributed by atoms with Crippen LogP contribution in [0.25, 0.3) is 0 Å². The lowest BCUT2D eigenvalue weighted by molar-refractivity contribution is -0.117. The number of hydrogen-bond acceptors (Lipinski definition) is 11. The molecule has 3 rings (SSSR count). The van der Waals surface area contributed by atoms with Gasteiger partial charge >= 0.3 is 0 Å². The molecule has 2 aromatic carbocycles. The number of ketones is 2. The van der Waals surface area contributed by atoms with Crippen LogP contribution >= 0.6 is 0 Å². The maximum absolute atomic E-state index is 12.6. The molecule has 3 aromatic rings. The van der Waals surface area contributed by atoms with Gasteiger partial charge in [0.05, 0.1) is 19.8 Å². The summed E-state index contributed by atoms with van der Waals surface area (Å²) in [4.78, 5) is 37.0. The van der Waals surface area contributed by atoms with Gasteiger partial charge in [-0.25, -0.2) is 0 Å². The van der Waals surface area contributed by atoms with Crippen molar-refractivity contribution in [3.05, 3.63) is 54.1 Å². The molecular formula is C32H44N6O5. The van der Waals surface area contributed by atoms with Crippen molar-refractivity contribution in [3.63, 3.8) is 0 Å². The van der Waals surface area contributed by atoms with Crippen molar-refractivity contribution in [1.29, 1.82) is 0 Å². The number of unbranched alkanes of at least 4 members (excludes halogenated alkanes) is 4. The van der Waals surface area contributed by atoms with E-state index in [-0.39, 0.29) is 17.3 Å². The van der Waals surface area contributed by atoms with Crippen LogP contribution in [0.3, 0.4) is 0 Å². The van der Waals surface area contributed by atoms with Gasteiger partial charge in [-0.3, -0.25) is 4.79 Å². The third-order valence-corrected chi connectivity index (χ3v) is 6.45. The van der Waals surface area contributed by atoms with Crippen molar-refractivity contribution in [2.45, 2.75) is 65.2 Å². The quantitative estimate of drug-likeness (QED) is 0.0582. The second-order valence-electron chi connectivity index (χ2n) is 10.2. The number of hydrogen-bond donors (Lipinski definition) is 4. The molecule has 11 heteroatoms. The van der Waals surface area contributed by atoms with E-state index in [1.165, 1.54) is 19.3 Å². The summed E-state index contributed by atoms with van der Waals surface area (Å²) in [6, 6.07) is 13.9. The molecule has 0 aliphatic rings. The maximum atomic E-state index is 12.6. The summed E-state index contributed by atoms with van der Waals surface area (Å²) in [6.07, 6.45) is 7.37. The first kappa shape index (κ1) is 33.4.